The van der Waals surface area contributed by atoms with Crippen molar-refractivity contribution in [2.24, 2.45) is 0 Å². The van der Waals surface area contributed by atoms with Gasteiger partial charge in [-0.1, -0.05) is 0 Å². The average Bonchev–Trinajstić information content (AvgIpc) is 2.00. The highest BCUT2D eigenvalue weighted by atomic mass is 32.2. The van der Waals surface area contributed by atoms with Gasteiger partial charge in [0.05, 0.1) is 11.3 Å². The molecule has 0 spiro atoms. The molecule has 0 heterocycles. The fourth-order valence-electron chi connectivity index (χ4n) is 1.01. The molecule has 1 atom stereocenters. The van der Waals surface area contributed by atoms with Crippen LogP contribution in [-0.2, 0) is 14.6 Å². The summed E-state index contributed by atoms with van der Waals surface area (Å²) in [7, 11) is -1.37. The summed E-state index contributed by atoms with van der Waals surface area (Å²) in [5.74, 6) is -0.250. The number of nitrogens with one attached hydrogen (secondary N) is 2. The zero-order valence-corrected chi connectivity index (χ0v) is 10.7. The van der Waals surface area contributed by atoms with E-state index >= 15 is 0 Å². The van der Waals surface area contributed by atoms with Gasteiger partial charge < -0.3 is 10.6 Å². The predicted molar refractivity (Wildman–Crippen MR) is 60.5 cm³/mol. The van der Waals surface area contributed by atoms with E-state index < -0.39 is 15.4 Å². The molecule has 0 saturated carbocycles. The lowest BCUT2D eigenvalue weighted by Gasteiger charge is -2.25. The van der Waals surface area contributed by atoms with Crippen molar-refractivity contribution < 1.29 is 13.2 Å². The van der Waals surface area contributed by atoms with E-state index in [1.807, 2.05) is 0 Å². The van der Waals surface area contributed by atoms with E-state index in [2.05, 4.69) is 10.6 Å². The molecule has 0 fully saturated rings. The van der Waals surface area contributed by atoms with Crippen molar-refractivity contribution in [3.63, 3.8) is 0 Å². The second-order valence-corrected chi connectivity index (χ2v) is 6.53. The van der Waals surface area contributed by atoms with Gasteiger partial charge in [0.1, 0.15) is 9.84 Å². The Labute approximate surface area is 91.5 Å². The van der Waals surface area contributed by atoms with Gasteiger partial charge in [-0.25, -0.2) is 8.42 Å². The number of hydrogen-bond donors (Lipinski definition) is 2. The standard InChI is InChI=1S/C9H20N2O3S/c1-7(6-15(5,13)14)11-8(12)9(2,3)10-4/h7,10H,6H2,1-5H3,(H,11,12). The summed E-state index contributed by atoms with van der Waals surface area (Å²) in [6, 6.07) is -0.375. The molecule has 0 saturated heterocycles. The summed E-state index contributed by atoms with van der Waals surface area (Å²) in [5.41, 5.74) is -0.689. The van der Waals surface area contributed by atoms with Crippen molar-refractivity contribution in [1.82, 2.24) is 10.6 Å². The molecule has 0 aromatic carbocycles. The Hall–Kier alpha value is -0.620. The van der Waals surface area contributed by atoms with Gasteiger partial charge in [0.2, 0.25) is 5.91 Å². The lowest BCUT2D eigenvalue weighted by Crippen LogP contribution is -2.54. The van der Waals surface area contributed by atoms with Gasteiger partial charge in [-0.3, -0.25) is 4.79 Å². The molecule has 0 aliphatic heterocycles. The quantitative estimate of drug-likeness (QED) is 0.677. The largest absolute Gasteiger partial charge is 0.351 e. The second-order valence-electron chi connectivity index (χ2n) is 4.34. The second kappa shape index (κ2) is 4.94. The van der Waals surface area contributed by atoms with E-state index in [0.717, 1.165) is 6.26 Å². The monoisotopic (exact) mass is 236 g/mol. The van der Waals surface area contributed by atoms with Crippen LogP contribution in [0.3, 0.4) is 0 Å². The van der Waals surface area contributed by atoms with Crippen LogP contribution in [-0.4, -0.2) is 45.0 Å². The minimum absolute atomic E-state index is 0.0431. The molecule has 0 radical (unpaired) electrons. The molecule has 5 nitrogen and oxygen atoms in total. The third-order valence-electron chi connectivity index (χ3n) is 2.12. The first-order valence-corrected chi connectivity index (χ1v) is 6.82. The van der Waals surface area contributed by atoms with Crippen LogP contribution >= 0.6 is 0 Å². The maximum absolute atomic E-state index is 11.6. The first-order valence-electron chi connectivity index (χ1n) is 4.76. The molecule has 0 aliphatic rings. The van der Waals surface area contributed by atoms with Crippen molar-refractivity contribution in [2.75, 3.05) is 19.1 Å². The molecule has 1 amide bonds. The third kappa shape index (κ3) is 5.74. The van der Waals surface area contributed by atoms with Gasteiger partial charge in [-0.05, 0) is 27.8 Å². The predicted octanol–water partition coefficient (Wildman–Crippen LogP) is -0.466. The number of carbonyl (C=O) groups is 1. The molecular formula is C9H20N2O3S. The summed E-state index contributed by atoms with van der Waals surface area (Å²) in [6.07, 6.45) is 1.15. The fourth-order valence-corrected chi connectivity index (χ4v) is 2.01. The lowest BCUT2D eigenvalue weighted by atomic mass is 10.1. The van der Waals surface area contributed by atoms with Gasteiger partial charge in [0.25, 0.3) is 0 Å². The van der Waals surface area contributed by atoms with Crippen molar-refractivity contribution in [1.29, 1.82) is 0 Å². The SMILES string of the molecule is CNC(C)(C)C(=O)NC(C)CS(C)(=O)=O. The summed E-state index contributed by atoms with van der Waals surface area (Å²) >= 11 is 0. The van der Waals surface area contributed by atoms with E-state index in [1.165, 1.54) is 0 Å². The summed E-state index contributed by atoms with van der Waals surface area (Å²) in [5, 5.41) is 5.49. The molecule has 6 heteroatoms. The Morgan fingerprint density at radius 1 is 1.40 bits per heavy atom. The zero-order valence-electron chi connectivity index (χ0n) is 9.92. The first kappa shape index (κ1) is 14.4. The van der Waals surface area contributed by atoms with Crippen molar-refractivity contribution >= 4 is 15.7 Å². The number of rotatable bonds is 5. The lowest BCUT2D eigenvalue weighted by molar-refractivity contribution is -0.126. The topological polar surface area (TPSA) is 75.3 Å². The minimum Gasteiger partial charge on any atom is -0.351 e. The smallest absolute Gasteiger partial charge is 0.239 e. The van der Waals surface area contributed by atoms with Crippen LogP contribution in [0.1, 0.15) is 20.8 Å². The van der Waals surface area contributed by atoms with Crippen LogP contribution in [0.5, 0.6) is 0 Å². The normalized spacial score (nSPS) is 14.7. The van der Waals surface area contributed by atoms with Gasteiger partial charge >= 0.3 is 0 Å². The van der Waals surface area contributed by atoms with Crippen LogP contribution in [0.2, 0.25) is 0 Å². The van der Waals surface area contributed by atoms with Crippen LogP contribution in [0.4, 0.5) is 0 Å². The molecule has 1 unspecified atom stereocenters. The van der Waals surface area contributed by atoms with Gasteiger partial charge in [0, 0.05) is 12.3 Å². The Morgan fingerprint density at radius 3 is 2.20 bits per heavy atom. The van der Waals surface area contributed by atoms with E-state index in [0.29, 0.717) is 0 Å². The molecule has 0 bridgehead atoms. The van der Waals surface area contributed by atoms with Crippen molar-refractivity contribution in [2.45, 2.75) is 32.4 Å². The number of carbonyl (C=O) groups excluding carboxylic acids is 1. The molecule has 0 aromatic heterocycles. The fraction of sp³-hybridized carbons (Fsp3) is 0.889. The van der Waals surface area contributed by atoms with Crippen molar-refractivity contribution in [3.05, 3.63) is 0 Å². The number of sulfone groups is 1. The number of hydrogen-bond acceptors (Lipinski definition) is 4. The maximum Gasteiger partial charge on any atom is 0.239 e. The first-order chi connectivity index (χ1) is 6.58. The van der Waals surface area contributed by atoms with Gasteiger partial charge in [-0.2, -0.15) is 0 Å². The van der Waals surface area contributed by atoms with E-state index in [9.17, 15) is 13.2 Å². The Balaban J connectivity index is 4.32. The Morgan fingerprint density at radius 2 is 1.87 bits per heavy atom. The molecule has 0 aromatic rings. The van der Waals surface area contributed by atoms with Gasteiger partial charge in [0.15, 0.2) is 0 Å². The van der Waals surface area contributed by atoms with E-state index in [4.69, 9.17) is 0 Å². The number of likely N-dealkylation sites (N-methyl/N-ethyl adjacent to an activating group) is 1. The van der Waals surface area contributed by atoms with Gasteiger partial charge in [-0.15, -0.1) is 0 Å². The summed E-state index contributed by atoms with van der Waals surface area (Å²) in [4.78, 5) is 11.6. The zero-order chi connectivity index (χ0) is 12.3. The maximum atomic E-state index is 11.6. The number of amides is 1. The van der Waals surface area contributed by atoms with Crippen LogP contribution in [0, 0.1) is 0 Å². The van der Waals surface area contributed by atoms with Crippen LogP contribution in [0.25, 0.3) is 0 Å². The molecule has 90 valence electrons. The summed E-state index contributed by atoms with van der Waals surface area (Å²) < 4.78 is 22.0. The Bertz CT molecular complexity index is 322. The van der Waals surface area contributed by atoms with Crippen molar-refractivity contribution in [3.8, 4) is 0 Å². The average molecular weight is 236 g/mol. The Kier molecular flexibility index (Phi) is 4.73. The van der Waals surface area contributed by atoms with Crippen LogP contribution in [0.15, 0.2) is 0 Å². The third-order valence-corrected chi connectivity index (χ3v) is 3.23. The molecule has 0 aliphatic carbocycles. The molecule has 15 heavy (non-hydrogen) atoms. The van der Waals surface area contributed by atoms with E-state index in [1.54, 1.807) is 27.8 Å². The molecule has 0 rings (SSSR count). The highest BCUT2D eigenvalue weighted by Gasteiger charge is 2.26. The highest BCUT2D eigenvalue weighted by Crippen LogP contribution is 2.01. The molecular weight excluding hydrogens is 216 g/mol. The summed E-state index contributed by atoms with van der Waals surface area (Å²) in [6.45, 7) is 5.13. The molecule has 2 N–H and O–H groups in total. The highest BCUT2D eigenvalue weighted by molar-refractivity contribution is 7.90. The van der Waals surface area contributed by atoms with E-state index in [-0.39, 0.29) is 17.7 Å². The van der Waals surface area contributed by atoms with Crippen LogP contribution < -0.4 is 10.6 Å². The minimum atomic E-state index is -3.06.